The van der Waals surface area contributed by atoms with Crippen LogP contribution in [0.5, 0.6) is 0 Å². The van der Waals surface area contributed by atoms with Crippen LogP contribution in [0.3, 0.4) is 0 Å². The maximum Gasteiger partial charge on any atom is 0.212 e. The number of hydrogen-bond acceptors (Lipinski definition) is 0. The molecule has 20 aromatic rings. The molecule has 0 aliphatic heterocycles. The summed E-state index contributed by atoms with van der Waals surface area (Å²) in [6.07, 6.45) is 14.1. The van der Waals surface area contributed by atoms with E-state index in [-0.39, 0.29) is 5.41 Å². The molecule has 0 amide bonds. The Hall–Kier alpha value is -12.8. The molecule has 119 heavy (non-hydrogen) atoms. The fourth-order valence-electron chi connectivity index (χ4n) is 21.8. The van der Waals surface area contributed by atoms with Crippen LogP contribution in [0.1, 0.15) is 135 Å². The first-order valence-corrected chi connectivity index (χ1v) is 43.0. The summed E-state index contributed by atoms with van der Waals surface area (Å²) in [7, 11) is 8.65. The third-order valence-electron chi connectivity index (χ3n) is 27.9. The lowest BCUT2D eigenvalue weighted by Crippen LogP contribution is -2.31. The molecule has 0 radical (unpaired) electrons. The zero-order chi connectivity index (χ0) is 81.6. The Balaban J connectivity index is 0.0000000985. The van der Waals surface area contributed by atoms with Crippen molar-refractivity contribution in [2.45, 2.75) is 121 Å². The molecule has 4 heterocycles. The Bertz CT molecular complexity index is 7890. The van der Waals surface area contributed by atoms with Gasteiger partial charge in [0.25, 0.3) is 0 Å². The van der Waals surface area contributed by atoms with Gasteiger partial charge in [0.05, 0.1) is 0 Å². The Morgan fingerprint density at radius 3 is 0.908 bits per heavy atom. The molecule has 578 valence electrons. The Kier molecular flexibility index (Phi) is 17.2. The molecule has 4 aromatic heterocycles. The van der Waals surface area contributed by atoms with Crippen molar-refractivity contribution >= 4 is 129 Å². The summed E-state index contributed by atoms with van der Waals surface area (Å²) < 4.78 is 9.09. The Morgan fingerprint density at radius 2 is 0.571 bits per heavy atom. The van der Waals surface area contributed by atoms with Crippen LogP contribution in [0.25, 0.3) is 174 Å². The van der Waals surface area contributed by atoms with Crippen molar-refractivity contribution in [2.24, 2.45) is 33.6 Å². The van der Waals surface area contributed by atoms with Gasteiger partial charge in [-0.25, -0.2) is 18.3 Å². The number of aromatic nitrogens is 4. The predicted molar refractivity (Wildman–Crippen MR) is 504 cm³/mol. The zero-order valence-electron chi connectivity index (χ0n) is 71.7. The number of fused-ring (bicyclic) bond motifs is 12. The van der Waals surface area contributed by atoms with Gasteiger partial charge in [0.1, 0.15) is 28.2 Å². The number of hydrogen-bond donors (Lipinski definition) is 0. The van der Waals surface area contributed by atoms with E-state index < -0.39 is 0 Å². The van der Waals surface area contributed by atoms with E-state index in [4.69, 9.17) is 0 Å². The van der Waals surface area contributed by atoms with Crippen LogP contribution in [0.4, 0.5) is 0 Å². The van der Waals surface area contributed by atoms with Crippen LogP contribution in [-0.2, 0) is 60.3 Å². The molecule has 0 bridgehead atoms. The summed E-state index contributed by atoms with van der Waals surface area (Å²) in [5.41, 5.74) is 35.3. The van der Waals surface area contributed by atoms with Crippen LogP contribution in [0, 0.1) is 53.9 Å². The van der Waals surface area contributed by atoms with Crippen molar-refractivity contribution in [3.8, 4) is 45.0 Å². The summed E-state index contributed by atoms with van der Waals surface area (Å²) in [6, 6.07) is 88.9. The maximum absolute atomic E-state index is 2.47. The lowest BCUT2D eigenvalue weighted by Gasteiger charge is -2.18. The third kappa shape index (κ3) is 11.6. The Morgan fingerprint density at radius 1 is 0.277 bits per heavy atom. The average molecular weight is 1540 g/mol. The molecule has 0 spiro atoms. The maximum atomic E-state index is 2.47. The van der Waals surface area contributed by atoms with E-state index in [1.54, 1.807) is 0 Å². The molecular weight excluding hydrogens is 1440 g/mol. The normalized spacial score (nSPS) is 12.8. The van der Waals surface area contributed by atoms with E-state index >= 15 is 0 Å². The number of benzene rings is 16. The second kappa shape index (κ2) is 27.7. The van der Waals surface area contributed by atoms with Crippen molar-refractivity contribution < 1.29 is 18.3 Å². The van der Waals surface area contributed by atoms with Gasteiger partial charge >= 0.3 is 0 Å². The highest BCUT2D eigenvalue weighted by molar-refractivity contribution is 6.33. The first-order valence-electron chi connectivity index (χ1n) is 43.0. The molecule has 4 heteroatoms. The average Bonchev–Trinajstić information content (AvgIpc) is 1.60. The fraction of sp³-hybridized carbons (Fsp3) is 0.200. The summed E-state index contributed by atoms with van der Waals surface area (Å²) in [5.74, 6) is 0.519. The fourth-order valence-corrected chi connectivity index (χ4v) is 21.8. The lowest BCUT2D eigenvalue weighted by atomic mass is 9.87. The number of rotatable bonds is 6. The minimum atomic E-state index is 0.271. The first-order chi connectivity index (χ1) is 57.5. The highest BCUT2D eigenvalue weighted by Gasteiger charge is 2.32. The number of aryl methyl sites for hydroxylation is 7. The van der Waals surface area contributed by atoms with Crippen LogP contribution >= 0.6 is 0 Å². The zero-order valence-corrected chi connectivity index (χ0v) is 71.7. The molecule has 16 aromatic carbocycles. The standard InChI is InChI=1S/C31H30N.C29H26N.C28H24N.C27H22N/c1-19-25(28-15-20(13-14-32(28)5)18-31(2,3)4)17-27-23-11-7-6-10-22(23)24-12-8-9-21-16-26(19)30(27)29(21)24;1-17(2)19-12-13-30(4)27(15-19)24-16-26-22-10-6-5-9-21(22)23-11-7-8-20-14-25(18(24)3)29(26)28(20)23;1-16-12-26(29(4)15-17(16)2)23-14-25-21-10-6-5-9-20(21)22-11-7-8-19-13-24(18(23)3)28(25)27(19)22;1-16-11-12-28(3)25(13-16)22-15-24-20-9-5-4-8-19(20)21-10-6-7-18-14-23(17(22)2)27(24)26(18)21/h6-15,17H,16,18H2,1-5H3;5-13,15-17H,14H2,1-4H3;5-12,14-15H,13H2,1-4H3;4-13,15H,14H2,1-3H3/q4*+1. The molecule has 0 N–H and O–H groups in total. The molecule has 0 fully saturated rings. The van der Waals surface area contributed by atoms with Gasteiger partial charge in [-0.15, -0.1) is 0 Å². The van der Waals surface area contributed by atoms with Gasteiger partial charge < -0.3 is 0 Å². The van der Waals surface area contributed by atoms with E-state index in [9.17, 15) is 0 Å². The number of nitrogens with zero attached hydrogens (tertiary/aromatic N) is 4. The first kappa shape index (κ1) is 73.8. The molecule has 4 aliphatic rings. The van der Waals surface area contributed by atoms with Crippen molar-refractivity contribution in [3.63, 3.8) is 0 Å². The smallest absolute Gasteiger partial charge is 0.201 e. The topological polar surface area (TPSA) is 15.5 Å². The molecule has 0 atom stereocenters. The van der Waals surface area contributed by atoms with E-state index in [0.29, 0.717) is 5.92 Å². The summed E-state index contributed by atoms with van der Waals surface area (Å²) >= 11 is 0. The van der Waals surface area contributed by atoms with Crippen LogP contribution in [0.15, 0.2) is 261 Å². The second-order valence-corrected chi connectivity index (χ2v) is 36.8. The van der Waals surface area contributed by atoms with E-state index in [0.717, 1.165) is 32.1 Å². The van der Waals surface area contributed by atoms with Gasteiger partial charge in [-0.3, -0.25) is 0 Å². The molecular formula is C115H102N4+4. The van der Waals surface area contributed by atoms with Crippen LogP contribution in [0.2, 0.25) is 0 Å². The minimum absolute atomic E-state index is 0.271. The largest absolute Gasteiger partial charge is 0.212 e. The molecule has 0 saturated carbocycles. The summed E-state index contributed by atoms with van der Waals surface area (Å²) in [5, 5.41) is 33.9. The highest BCUT2D eigenvalue weighted by atomic mass is 14.9. The van der Waals surface area contributed by atoms with Crippen molar-refractivity contribution in [2.75, 3.05) is 0 Å². The number of pyridine rings is 4. The summed E-state index contributed by atoms with van der Waals surface area (Å²) in [4.78, 5) is 0. The van der Waals surface area contributed by atoms with E-state index in [1.807, 2.05) is 0 Å². The van der Waals surface area contributed by atoms with Gasteiger partial charge in [0.2, 0.25) is 22.8 Å². The van der Waals surface area contributed by atoms with Gasteiger partial charge in [-0.1, -0.05) is 204 Å². The quantitative estimate of drug-likeness (QED) is 0.116. The SMILES string of the molecule is Cc1c(-c2cc(C(C)C)cc[n+]2C)cc2c3ccccc3c3cccc4c3c2c1C4.Cc1c(-c2cc(CC(C)(C)C)cc[n+]2C)cc2c3ccccc3c3cccc4c3c2c1C4.Cc1cc(-c2cc3c4ccccc4c4cccc5c4c3c(c2C)C5)[n+](C)cc1C.Cc1cc[n+](C)c(-c2cc3c4ccccc4c4cccc5c4c3c(c2C)C5)c1. The van der Waals surface area contributed by atoms with E-state index in [1.165, 1.54) is 269 Å². The monoisotopic (exact) mass is 1540 g/mol. The molecule has 4 nitrogen and oxygen atoms in total. The lowest BCUT2D eigenvalue weighted by molar-refractivity contribution is -0.660. The second-order valence-electron chi connectivity index (χ2n) is 36.8. The molecule has 0 saturated heterocycles. The van der Waals surface area contributed by atoms with Crippen molar-refractivity contribution in [1.82, 2.24) is 0 Å². The Labute approximate surface area is 698 Å². The van der Waals surface area contributed by atoms with Gasteiger partial charge in [0, 0.05) is 70.3 Å². The van der Waals surface area contributed by atoms with Gasteiger partial charge in [-0.2, -0.15) is 0 Å². The van der Waals surface area contributed by atoms with Crippen molar-refractivity contribution in [3.05, 3.63) is 356 Å². The molecule has 24 rings (SSSR count). The third-order valence-corrected chi connectivity index (χ3v) is 27.9. The predicted octanol–water partition coefficient (Wildman–Crippen LogP) is 27.0. The molecule has 4 aliphatic carbocycles. The minimum Gasteiger partial charge on any atom is -0.201 e. The summed E-state index contributed by atoms with van der Waals surface area (Å²) in [6.45, 7) is 27.3. The van der Waals surface area contributed by atoms with Crippen LogP contribution < -0.4 is 18.3 Å². The van der Waals surface area contributed by atoms with Gasteiger partial charge in [0.15, 0.2) is 24.8 Å². The van der Waals surface area contributed by atoms with Gasteiger partial charge in [-0.05, 0) is 334 Å². The van der Waals surface area contributed by atoms with E-state index in [2.05, 4.69) is 391 Å². The van der Waals surface area contributed by atoms with Crippen LogP contribution in [-0.4, -0.2) is 0 Å². The van der Waals surface area contributed by atoms with Crippen molar-refractivity contribution in [1.29, 1.82) is 0 Å². The highest BCUT2D eigenvalue weighted by Crippen LogP contribution is 2.52. The molecule has 0 unspecified atom stereocenters.